The van der Waals surface area contributed by atoms with Crippen LogP contribution in [-0.2, 0) is 23.8 Å². The molecule has 0 radical (unpaired) electrons. The second-order valence-electron chi connectivity index (χ2n) is 9.33. The summed E-state index contributed by atoms with van der Waals surface area (Å²) in [7, 11) is 0. The fraction of sp³-hybridized carbons (Fsp3) is 0.870. The second-order valence-corrected chi connectivity index (χ2v) is 9.33. The number of carbonyl (C=O) groups is 3. The van der Waals surface area contributed by atoms with Crippen LogP contribution in [0, 0.1) is 0 Å². The van der Waals surface area contributed by atoms with Gasteiger partial charge in [0.15, 0.2) is 6.04 Å². The van der Waals surface area contributed by atoms with Gasteiger partial charge in [-0.15, -0.1) is 0 Å². The maximum atomic E-state index is 13.4. The van der Waals surface area contributed by atoms with E-state index in [1.54, 1.807) is 27.7 Å². The lowest BCUT2D eigenvalue weighted by Crippen LogP contribution is -2.63. The van der Waals surface area contributed by atoms with Gasteiger partial charge in [0.1, 0.15) is 11.1 Å². The zero-order valence-electron chi connectivity index (χ0n) is 20.6. The van der Waals surface area contributed by atoms with E-state index in [0.29, 0.717) is 19.4 Å². The molecule has 1 saturated heterocycles. The third kappa shape index (κ3) is 7.92. The third-order valence-electron chi connectivity index (χ3n) is 5.42. The molecule has 1 heterocycles. The van der Waals surface area contributed by atoms with Crippen LogP contribution in [0.15, 0.2) is 0 Å². The van der Waals surface area contributed by atoms with Crippen LogP contribution < -0.4 is 5.32 Å². The molecule has 1 aliphatic rings. The molecule has 0 saturated carbocycles. The molecular formula is C23H42N2O7. The van der Waals surface area contributed by atoms with Crippen LogP contribution in [0.4, 0.5) is 4.79 Å². The summed E-state index contributed by atoms with van der Waals surface area (Å²) in [6, 6.07) is -1.05. The molecule has 1 fully saturated rings. The van der Waals surface area contributed by atoms with Gasteiger partial charge < -0.3 is 24.6 Å². The number of nitrogens with zero attached hydrogens (tertiary/aromatic N) is 1. The van der Waals surface area contributed by atoms with Crippen LogP contribution in [0.25, 0.3) is 0 Å². The van der Waals surface area contributed by atoms with Gasteiger partial charge in [0, 0.05) is 13.2 Å². The predicted molar refractivity (Wildman–Crippen MR) is 120 cm³/mol. The number of nitrogens with one attached hydrogen (secondary N) is 1. The standard InChI is InChI=1S/C23H42N2O7/c1-7-9-14-30-17(3)18(19(27)31-15-10-8-2)24-20(28)23(16-26)12-11-13-25(23)21(29)32-22(4,5)6/h17-18,26H,7-16H2,1-6H3,(H,24,28)/t17-,18+,23?/m1/s1. The highest BCUT2D eigenvalue weighted by Crippen LogP contribution is 2.31. The number of hydrogen-bond acceptors (Lipinski definition) is 7. The molecule has 9 heteroatoms. The van der Waals surface area contributed by atoms with Gasteiger partial charge in [-0.05, 0) is 53.4 Å². The van der Waals surface area contributed by atoms with Crippen LogP contribution in [0.5, 0.6) is 0 Å². The summed E-state index contributed by atoms with van der Waals surface area (Å²) < 4.78 is 16.5. The van der Waals surface area contributed by atoms with Gasteiger partial charge in [0.05, 0.1) is 19.3 Å². The number of aliphatic hydroxyl groups excluding tert-OH is 1. The highest BCUT2D eigenvalue weighted by atomic mass is 16.6. The average Bonchev–Trinajstić information content (AvgIpc) is 3.16. The van der Waals surface area contributed by atoms with Crippen LogP contribution in [0.1, 0.15) is 80.1 Å². The Morgan fingerprint density at radius 1 is 1.12 bits per heavy atom. The number of amides is 2. The molecule has 2 N–H and O–H groups in total. The molecule has 2 amide bonds. The van der Waals surface area contributed by atoms with Crippen molar-refractivity contribution in [3.8, 4) is 0 Å². The van der Waals surface area contributed by atoms with Crippen molar-refractivity contribution in [2.45, 2.75) is 103 Å². The van der Waals surface area contributed by atoms with Gasteiger partial charge >= 0.3 is 12.1 Å². The monoisotopic (exact) mass is 458 g/mol. The normalized spacial score (nSPS) is 20.5. The van der Waals surface area contributed by atoms with E-state index in [1.165, 1.54) is 4.90 Å². The average molecular weight is 459 g/mol. The molecule has 0 aliphatic carbocycles. The van der Waals surface area contributed by atoms with E-state index in [2.05, 4.69) is 5.32 Å². The van der Waals surface area contributed by atoms with Crippen molar-refractivity contribution < 1.29 is 33.7 Å². The number of aliphatic hydroxyl groups is 1. The number of carbonyl (C=O) groups excluding carboxylic acids is 3. The Bertz CT molecular complexity index is 620. The topological polar surface area (TPSA) is 114 Å². The molecule has 1 aliphatic heterocycles. The van der Waals surface area contributed by atoms with E-state index in [0.717, 1.165) is 19.3 Å². The lowest BCUT2D eigenvalue weighted by molar-refractivity contribution is -0.154. The minimum Gasteiger partial charge on any atom is -0.464 e. The van der Waals surface area contributed by atoms with Crippen molar-refractivity contribution in [2.24, 2.45) is 0 Å². The first-order valence-electron chi connectivity index (χ1n) is 11.7. The number of rotatable bonds is 12. The number of hydrogen-bond donors (Lipinski definition) is 2. The molecule has 32 heavy (non-hydrogen) atoms. The molecule has 0 aromatic rings. The van der Waals surface area contributed by atoms with Crippen molar-refractivity contribution in [2.75, 3.05) is 26.4 Å². The summed E-state index contributed by atoms with van der Waals surface area (Å²) in [5, 5.41) is 12.9. The first-order chi connectivity index (χ1) is 15.0. The number of likely N-dealkylation sites (tertiary alicyclic amines) is 1. The molecule has 1 rings (SSSR count). The minimum atomic E-state index is -1.51. The van der Waals surface area contributed by atoms with Gasteiger partial charge in [-0.3, -0.25) is 9.69 Å². The summed E-state index contributed by atoms with van der Waals surface area (Å²) in [6.07, 6.45) is 2.82. The lowest BCUT2D eigenvalue weighted by Gasteiger charge is -2.37. The summed E-state index contributed by atoms with van der Waals surface area (Å²) in [5.41, 5.74) is -2.25. The third-order valence-corrected chi connectivity index (χ3v) is 5.42. The minimum absolute atomic E-state index is 0.249. The van der Waals surface area contributed by atoms with Crippen molar-refractivity contribution in [1.29, 1.82) is 0 Å². The molecule has 0 aromatic carbocycles. The second kappa shape index (κ2) is 13.0. The Morgan fingerprint density at radius 2 is 1.75 bits per heavy atom. The summed E-state index contributed by atoms with van der Waals surface area (Å²) >= 11 is 0. The Kier molecular flexibility index (Phi) is 11.4. The van der Waals surface area contributed by atoms with Gasteiger partial charge in [-0.2, -0.15) is 0 Å². The first kappa shape index (κ1) is 28.2. The molecule has 0 aromatic heterocycles. The zero-order chi connectivity index (χ0) is 24.4. The predicted octanol–water partition coefficient (Wildman–Crippen LogP) is 2.78. The van der Waals surface area contributed by atoms with Crippen LogP contribution >= 0.6 is 0 Å². The Balaban J connectivity index is 3.04. The molecule has 3 atom stereocenters. The van der Waals surface area contributed by atoms with Gasteiger partial charge in [0.25, 0.3) is 0 Å². The summed E-state index contributed by atoms with van der Waals surface area (Å²) in [5.74, 6) is -1.21. The Morgan fingerprint density at radius 3 is 2.31 bits per heavy atom. The SMILES string of the molecule is CCCCOC(=O)[C@@H](NC(=O)C1(CO)CCCN1C(=O)OC(C)(C)C)[C@@H](C)OCCCC. The fourth-order valence-electron chi connectivity index (χ4n) is 3.49. The van der Waals surface area contributed by atoms with Crippen molar-refractivity contribution >= 4 is 18.0 Å². The van der Waals surface area contributed by atoms with Gasteiger partial charge in [-0.25, -0.2) is 9.59 Å². The highest BCUT2D eigenvalue weighted by Gasteiger charge is 2.52. The number of esters is 1. The zero-order valence-corrected chi connectivity index (χ0v) is 20.6. The van der Waals surface area contributed by atoms with E-state index in [1.807, 2.05) is 13.8 Å². The van der Waals surface area contributed by atoms with Crippen LogP contribution in [0.3, 0.4) is 0 Å². The Hall–Kier alpha value is -1.87. The Labute approximate surface area is 192 Å². The lowest BCUT2D eigenvalue weighted by atomic mass is 9.95. The van der Waals surface area contributed by atoms with Crippen molar-refractivity contribution in [3.05, 3.63) is 0 Å². The molecule has 186 valence electrons. The smallest absolute Gasteiger partial charge is 0.411 e. The molecular weight excluding hydrogens is 416 g/mol. The van der Waals surface area contributed by atoms with Crippen LogP contribution in [0.2, 0.25) is 0 Å². The number of unbranched alkanes of at least 4 members (excludes halogenated alkanes) is 2. The fourth-order valence-corrected chi connectivity index (χ4v) is 3.49. The van der Waals surface area contributed by atoms with E-state index < -0.39 is 47.9 Å². The molecule has 0 bridgehead atoms. The summed E-state index contributed by atoms with van der Waals surface area (Å²) in [6.45, 7) is 11.3. The van der Waals surface area contributed by atoms with E-state index in [4.69, 9.17) is 14.2 Å². The quantitative estimate of drug-likeness (QED) is 0.341. The molecule has 1 unspecified atom stereocenters. The maximum Gasteiger partial charge on any atom is 0.411 e. The highest BCUT2D eigenvalue weighted by molar-refractivity contribution is 5.94. The maximum absolute atomic E-state index is 13.4. The molecule has 9 nitrogen and oxygen atoms in total. The number of ether oxygens (including phenoxy) is 3. The first-order valence-corrected chi connectivity index (χ1v) is 11.7. The van der Waals surface area contributed by atoms with E-state index >= 15 is 0 Å². The van der Waals surface area contributed by atoms with Gasteiger partial charge in [0.2, 0.25) is 5.91 Å². The van der Waals surface area contributed by atoms with Crippen LogP contribution in [-0.4, -0.2) is 77.6 Å². The van der Waals surface area contributed by atoms with E-state index in [-0.39, 0.29) is 19.6 Å². The molecule has 0 spiro atoms. The van der Waals surface area contributed by atoms with Gasteiger partial charge in [-0.1, -0.05) is 26.7 Å². The summed E-state index contributed by atoms with van der Waals surface area (Å²) in [4.78, 5) is 40.1. The largest absolute Gasteiger partial charge is 0.464 e. The van der Waals surface area contributed by atoms with Crippen molar-refractivity contribution in [1.82, 2.24) is 10.2 Å². The van der Waals surface area contributed by atoms with E-state index in [9.17, 15) is 19.5 Å². The van der Waals surface area contributed by atoms with Crippen molar-refractivity contribution in [3.63, 3.8) is 0 Å².